The van der Waals surface area contributed by atoms with Gasteiger partial charge in [0.1, 0.15) is 0 Å². The first-order valence-electron chi connectivity index (χ1n) is 1.03. The van der Waals surface area contributed by atoms with Crippen LogP contribution >= 0.6 is 0 Å². The molecule has 0 unspecified atom stereocenters. The third-order valence-corrected chi connectivity index (χ3v) is 0. The SMILES string of the molecule is N.N.O=S(O)O.O=S([O-])[O-].[Li+].[Li+]. The molecule has 0 radical (unpaired) electrons. The molecule has 0 fully saturated rings. The number of hydrogen-bond donors (Lipinski definition) is 4. The zero-order valence-electron chi connectivity index (χ0n) is 6.76. The van der Waals surface area contributed by atoms with Gasteiger partial charge in [-0.2, -0.15) is 4.21 Å². The van der Waals surface area contributed by atoms with Gasteiger partial charge in [0.05, 0.1) is 0 Å². The predicted molar refractivity (Wildman–Crippen MR) is 33.1 cm³/mol. The molecule has 0 aliphatic carbocycles. The van der Waals surface area contributed by atoms with Crippen LogP contribution in [0, 0.1) is 0 Å². The minimum atomic E-state index is -3.11. The Bertz CT molecular complexity index is 79.5. The van der Waals surface area contributed by atoms with Gasteiger partial charge in [0.25, 0.3) is 11.4 Å². The van der Waals surface area contributed by atoms with Crippen LogP contribution in [0.3, 0.4) is 0 Å². The second-order valence-electron chi connectivity index (χ2n) is 0.435. The Kier molecular flexibility index (Phi) is 93.0. The molecular weight excluding hydrogens is 202 g/mol. The quantitative estimate of drug-likeness (QED) is 0.223. The molecule has 0 heterocycles. The Balaban J connectivity index is -0.0000000112. The van der Waals surface area contributed by atoms with Crippen molar-refractivity contribution in [3.8, 4) is 0 Å². The van der Waals surface area contributed by atoms with Gasteiger partial charge in [0.2, 0.25) is 0 Å². The van der Waals surface area contributed by atoms with Crippen molar-refractivity contribution >= 4 is 22.7 Å². The molecule has 0 amide bonds. The number of hydrogen-bond acceptors (Lipinski definition) is 6. The van der Waals surface area contributed by atoms with Crippen LogP contribution in [0.4, 0.5) is 0 Å². The maximum atomic E-state index is 8.67. The molecule has 0 aromatic rings. The second-order valence-corrected chi connectivity index (χ2v) is 1.30. The van der Waals surface area contributed by atoms with Gasteiger partial charge in [0.15, 0.2) is 0 Å². The van der Waals surface area contributed by atoms with E-state index in [1.165, 1.54) is 0 Å². The van der Waals surface area contributed by atoms with E-state index in [1.54, 1.807) is 0 Å². The Morgan fingerprint density at radius 2 is 0.917 bits per heavy atom. The minimum Gasteiger partial charge on any atom is -0.784 e. The van der Waals surface area contributed by atoms with Gasteiger partial charge >= 0.3 is 37.7 Å². The van der Waals surface area contributed by atoms with Crippen LogP contribution in [-0.2, 0) is 22.7 Å². The molecule has 8 nitrogen and oxygen atoms in total. The summed E-state index contributed by atoms with van der Waals surface area (Å²) in [6.07, 6.45) is 0. The van der Waals surface area contributed by atoms with E-state index in [1.807, 2.05) is 0 Å². The fourth-order valence-electron chi connectivity index (χ4n) is 0. The van der Waals surface area contributed by atoms with Gasteiger partial charge in [-0.15, -0.1) is 11.4 Å². The first kappa shape index (κ1) is 37.8. The summed E-state index contributed by atoms with van der Waals surface area (Å²) in [6.45, 7) is 0. The topological polar surface area (TPSA) is 191 Å². The van der Waals surface area contributed by atoms with Crippen molar-refractivity contribution in [2.45, 2.75) is 0 Å². The van der Waals surface area contributed by atoms with E-state index in [4.69, 9.17) is 26.6 Å². The standard InChI is InChI=1S/2Li.2H3N.2H2O3S/c;;;;2*1-4(2)3/h;;2*1H3;2*(H2,1,2,3)/q2*+1;;;;/p-2. The molecule has 0 saturated heterocycles. The average molecular weight is 210 g/mol. The fourth-order valence-corrected chi connectivity index (χ4v) is 0. The van der Waals surface area contributed by atoms with Crippen LogP contribution in [0.2, 0.25) is 0 Å². The van der Waals surface area contributed by atoms with Crippen molar-refractivity contribution in [3.63, 3.8) is 0 Å². The van der Waals surface area contributed by atoms with Gasteiger partial charge in [-0.05, 0) is 0 Å². The molecule has 0 aromatic carbocycles. The Labute approximate surface area is 99.0 Å². The van der Waals surface area contributed by atoms with Crippen LogP contribution in [0.1, 0.15) is 0 Å². The molecule has 0 aliphatic heterocycles. The molecule has 8 N–H and O–H groups in total. The van der Waals surface area contributed by atoms with Crippen LogP contribution in [-0.4, -0.2) is 26.6 Å². The summed E-state index contributed by atoms with van der Waals surface area (Å²) in [5, 5.41) is 0. The zero-order valence-corrected chi connectivity index (χ0v) is 8.39. The summed E-state index contributed by atoms with van der Waals surface area (Å²) in [7, 11) is 0. The molecule has 12 heavy (non-hydrogen) atoms. The summed E-state index contributed by atoms with van der Waals surface area (Å²) in [4.78, 5) is 0. The Morgan fingerprint density at radius 3 is 0.917 bits per heavy atom. The van der Waals surface area contributed by atoms with E-state index in [0.717, 1.165) is 0 Å². The van der Waals surface area contributed by atoms with E-state index in [9.17, 15) is 0 Å². The van der Waals surface area contributed by atoms with Gasteiger partial charge in [-0.3, -0.25) is 13.3 Å². The Hall–Kier alpha value is 1.25. The molecular formula is H8Li2N2O6S2. The normalized spacial score (nSPS) is 5.83. The maximum absolute atomic E-state index is 8.67. The molecule has 0 aromatic heterocycles. The van der Waals surface area contributed by atoms with E-state index < -0.39 is 22.7 Å². The fraction of sp³-hybridized carbons (Fsp3) is 0. The molecule has 0 spiro atoms. The van der Waals surface area contributed by atoms with Crippen LogP contribution in [0.15, 0.2) is 0 Å². The molecule has 0 aliphatic rings. The van der Waals surface area contributed by atoms with Gasteiger partial charge in [0, 0.05) is 0 Å². The summed E-state index contributed by atoms with van der Waals surface area (Å²) in [5.74, 6) is 0. The van der Waals surface area contributed by atoms with Crippen molar-refractivity contribution in [1.82, 2.24) is 12.3 Å². The summed E-state index contributed by atoms with van der Waals surface area (Å²) in [6, 6.07) is 0. The van der Waals surface area contributed by atoms with Crippen LogP contribution in [0.25, 0.3) is 0 Å². The van der Waals surface area contributed by atoms with Gasteiger partial charge in [-0.25, -0.2) is 0 Å². The van der Waals surface area contributed by atoms with Gasteiger partial charge in [-0.1, -0.05) is 0 Å². The molecule has 0 saturated carbocycles. The first-order valence-corrected chi connectivity index (χ1v) is 3.10. The van der Waals surface area contributed by atoms with E-state index >= 15 is 0 Å². The Morgan fingerprint density at radius 1 is 0.917 bits per heavy atom. The monoisotopic (exact) mass is 210 g/mol. The number of rotatable bonds is 0. The van der Waals surface area contributed by atoms with Crippen LogP contribution < -0.4 is 50.0 Å². The second kappa shape index (κ2) is 29.5. The summed E-state index contributed by atoms with van der Waals surface area (Å²) >= 11 is -5.72. The van der Waals surface area contributed by atoms with Crippen molar-refractivity contribution in [3.05, 3.63) is 0 Å². The van der Waals surface area contributed by atoms with E-state index in [2.05, 4.69) is 0 Å². The zero-order chi connectivity index (χ0) is 7.15. The molecule has 0 rings (SSSR count). The maximum Gasteiger partial charge on any atom is 1.00 e. The van der Waals surface area contributed by atoms with E-state index in [-0.39, 0.29) is 50.0 Å². The third kappa shape index (κ3) is 752. The van der Waals surface area contributed by atoms with E-state index in [0.29, 0.717) is 0 Å². The van der Waals surface area contributed by atoms with Crippen molar-refractivity contribution in [2.24, 2.45) is 0 Å². The average Bonchev–Trinajstić information content (AvgIpc) is 1.25. The summed E-state index contributed by atoms with van der Waals surface area (Å²) < 4.78 is 48.2. The predicted octanol–water partition coefficient (Wildman–Crippen LogP) is -6.99. The van der Waals surface area contributed by atoms with Crippen LogP contribution in [0.5, 0.6) is 0 Å². The first-order chi connectivity index (χ1) is 3.46. The molecule has 0 bridgehead atoms. The minimum absolute atomic E-state index is 0. The molecule has 0 atom stereocenters. The van der Waals surface area contributed by atoms with Crippen molar-refractivity contribution in [2.75, 3.05) is 0 Å². The largest absolute Gasteiger partial charge is 1.00 e. The van der Waals surface area contributed by atoms with Crippen molar-refractivity contribution in [1.29, 1.82) is 0 Å². The smallest absolute Gasteiger partial charge is 0.784 e. The third-order valence-electron chi connectivity index (χ3n) is 0. The molecule has 68 valence electrons. The van der Waals surface area contributed by atoms with Crippen molar-refractivity contribution < 1.29 is 64.4 Å². The van der Waals surface area contributed by atoms with Gasteiger partial charge < -0.3 is 21.4 Å². The molecule has 12 heteroatoms. The summed E-state index contributed by atoms with van der Waals surface area (Å²) in [5.41, 5.74) is 0.